The van der Waals surface area contributed by atoms with Crippen molar-refractivity contribution >= 4 is 17.4 Å². The first-order chi connectivity index (χ1) is 10.7. The van der Waals surface area contributed by atoms with Gasteiger partial charge in [-0.3, -0.25) is 0 Å². The normalized spacial score (nSPS) is 14.9. The van der Waals surface area contributed by atoms with Crippen molar-refractivity contribution in [2.75, 3.05) is 31.1 Å². The SMILES string of the molecule is Cc1cc(N2CCNCC2)nc(OCc2ccc(Cl)cc2)n1. The number of hydrogen-bond acceptors (Lipinski definition) is 5. The maximum Gasteiger partial charge on any atom is 0.318 e. The van der Waals surface area contributed by atoms with Crippen molar-refractivity contribution in [2.45, 2.75) is 13.5 Å². The fraction of sp³-hybridized carbons (Fsp3) is 0.375. The molecule has 116 valence electrons. The number of ether oxygens (including phenoxy) is 1. The van der Waals surface area contributed by atoms with E-state index in [2.05, 4.69) is 20.2 Å². The molecule has 0 spiro atoms. The van der Waals surface area contributed by atoms with Crippen LogP contribution in [0.5, 0.6) is 6.01 Å². The number of rotatable bonds is 4. The Kier molecular flexibility index (Phi) is 4.75. The molecule has 1 aliphatic rings. The Hall–Kier alpha value is -1.85. The predicted molar refractivity (Wildman–Crippen MR) is 87.6 cm³/mol. The van der Waals surface area contributed by atoms with Crippen molar-refractivity contribution < 1.29 is 4.74 Å². The Morgan fingerprint density at radius 3 is 2.64 bits per heavy atom. The van der Waals surface area contributed by atoms with Gasteiger partial charge in [0, 0.05) is 43.0 Å². The molecule has 2 heterocycles. The van der Waals surface area contributed by atoms with E-state index in [1.807, 2.05) is 37.3 Å². The molecule has 22 heavy (non-hydrogen) atoms. The van der Waals surface area contributed by atoms with Gasteiger partial charge < -0.3 is 15.0 Å². The van der Waals surface area contributed by atoms with Crippen LogP contribution in [0.2, 0.25) is 5.02 Å². The molecule has 1 saturated heterocycles. The van der Waals surface area contributed by atoms with Crippen molar-refractivity contribution in [1.29, 1.82) is 0 Å². The van der Waals surface area contributed by atoms with Crippen molar-refractivity contribution in [3.05, 3.63) is 46.6 Å². The molecule has 0 atom stereocenters. The second-order valence-electron chi connectivity index (χ2n) is 5.30. The van der Waals surface area contributed by atoms with E-state index < -0.39 is 0 Å². The van der Waals surface area contributed by atoms with Crippen molar-refractivity contribution in [3.63, 3.8) is 0 Å². The van der Waals surface area contributed by atoms with Gasteiger partial charge in [-0.15, -0.1) is 0 Å². The van der Waals surface area contributed by atoms with Gasteiger partial charge in [-0.05, 0) is 24.6 Å². The van der Waals surface area contributed by atoms with E-state index in [0.717, 1.165) is 48.3 Å². The third kappa shape index (κ3) is 3.87. The summed E-state index contributed by atoms with van der Waals surface area (Å²) in [5.41, 5.74) is 1.95. The van der Waals surface area contributed by atoms with E-state index in [-0.39, 0.29) is 0 Å². The maximum atomic E-state index is 5.88. The molecule has 5 nitrogen and oxygen atoms in total. The Bertz CT molecular complexity index is 627. The van der Waals surface area contributed by atoms with Gasteiger partial charge in [0.2, 0.25) is 0 Å². The Morgan fingerprint density at radius 1 is 1.18 bits per heavy atom. The summed E-state index contributed by atoms with van der Waals surface area (Å²) >= 11 is 5.88. The highest BCUT2D eigenvalue weighted by Gasteiger charge is 2.14. The van der Waals surface area contributed by atoms with Crippen molar-refractivity contribution in [1.82, 2.24) is 15.3 Å². The molecule has 0 aliphatic carbocycles. The van der Waals surface area contributed by atoms with Gasteiger partial charge >= 0.3 is 6.01 Å². The quantitative estimate of drug-likeness (QED) is 0.938. The fourth-order valence-electron chi connectivity index (χ4n) is 2.37. The van der Waals surface area contributed by atoms with Gasteiger partial charge in [-0.2, -0.15) is 4.98 Å². The summed E-state index contributed by atoms with van der Waals surface area (Å²) in [5.74, 6) is 0.931. The minimum Gasteiger partial charge on any atom is -0.459 e. The van der Waals surface area contributed by atoms with Gasteiger partial charge in [0.25, 0.3) is 0 Å². The summed E-state index contributed by atoms with van der Waals surface area (Å²) in [6, 6.07) is 10.0. The van der Waals surface area contributed by atoms with Gasteiger partial charge in [0.05, 0.1) is 0 Å². The second kappa shape index (κ2) is 6.94. The summed E-state index contributed by atoms with van der Waals surface area (Å²) in [7, 11) is 0. The molecule has 0 amide bonds. The van der Waals surface area contributed by atoms with Crippen LogP contribution in [0.4, 0.5) is 5.82 Å². The zero-order valence-electron chi connectivity index (χ0n) is 12.6. The second-order valence-corrected chi connectivity index (χ2v) is 5.74. The zero-order valence-corrected chi connectivity index (χ0v) is 13.3. The van der Waals surface area contributed by atoms with E-state index in [4.69, 9.17) is 16.3 Å². The van der Waals surface area contributed by atoms with Gasteiger partial charge in [0.15, 0.2) is 0 Å². The molecule has 1 aliphatic heterocycles. The average molecular weight is 319 g/mol. The van der Waals surface area contributed by atoms with Gasteiger partial charge in [0.1, 0.15) is 12.4 Å². The predicted octanol–water partition coefficient (Wildman–Crippen LogP) is 2.43. The fourth-order valence-corrected chi connectivity index (χ4v) is 2.50. The highest BCUT2D eigenvalue weighted by molar-refractivity contribution is 6.30. The summed E-state index contributed by atoms with van der Waals surface area (Å²) in [6.45, 7) is 6.25. The zero-order chi connectivity index (χ0) is 15.4. The van der Waals surface area contributed by atoms with Crippen molar-refractivity contribution in [2.24, 2.45) is 0 Å². The standard InChI is InChI=1S/C16H19ClN4O/c1-12-10-15(21-8-6-18-7-9-21)20-16(19-12)22-11-13-2-4-14(17)5-3-13/h2-5,10,18H,6-9,11H2,1H3. The lowest BCUT2D eigenvalue weighted by molar-refractivity contribution is 0.280. The molecular formula is C16H19ClN4O. The van der Waals surface area contributed by atoms with E-state index in [9.17, 15) is 0 Å². The van der Waals surface area contributed by atoms with Crippen LogP contribution in [0.3, 0.4) is 0 Å². The highest BCUT2D eigenvalue weighted by Crippen LogP contribution is 2.18. The van der Waals surface area contributed by atoms with Crippen LogP contribution in [-0.2, 0) is 6.61 Å². The third-order valence-corrected chi connectivity index (χ3v) is 3.79. The number of nitrogens with one attached hydrogen (secondary N) is 1. The largest absolute Gasteiger partial charge is 0.459 e. The van der Waals surface area contributed by atoms with Crippen LogP contribution in [-0.4, -0.2) is 36.1 Å². The first kappa shape index (κ1) is 15.1. The van der Waals surface area contributed by atoms with Crippen LogP contribution in [0.15, 0.2) is 30.3 Å². The molecule has 0 bridgehead atoms. The van der Waals surface area contributed by atoms with E-state index >= 15 is 0 Å². The first-order valence-corrected chi connectivity index (χ1v) is 7.77. The van der Waals surface area contributed by atoms with Gasteiger partial charge in [-0.25, -0.2) is 4.98 Å². The maximum absolute atomic E-state index is 5.88. The molecule has 3 rings (SSSR count). The molecule has 0 unspecified atom stereocenters. The molecule has 1 fully saturated rings. The Labute approximate surface area is 135 Å². The number of nitrogens with zero attached hydrogens (tertiary/aromatic N) is 3. The number of halogens is 1. The molecule has 1 N–H and O–H groups in total. The lowest BCUT2D eigenvalue weighted by Gasteiger charge is -2.28. The van der Waals surface area contributed by atoms with E-state index in [1.165, 1.54) is 0 Å². The van der Waals surface area contributed by atoms with Crippen molar-refractivity contribution in [3.8, 4) is 6.01 Å². The number of benzene rings is 1. The minimum absolute atomic E-state index is 0.420. The van der Waals surface area contributed by atoms with Gasteiger partial charge in [-0.1, -0.05) is 23.7 Å². The third-order valence-electron chi connectivity index (χ3n) is 3.54. The first-order valence-electron chi connectivity index (χ1n) is 7.39. The lowest BCUT2D eigenvalue weighted by Crippen LogP contribution is -2.44. The smallest absolute Gasteiger partial charge is 0.318 e. The van der Waals surface area contributed by atoms with E-state index in [1.54, 1.807) is 0 Å². The average Bonchev–Trinajstić information content (AvgIpc) is 2.55. The number of anilines is 1. The number of hydrogen-bond donors (Lipinski definition) is 1. The molecule has 1 aromatic carbocycles. The number of piperazine rings is 1. The number of aryl methyl sites for hydroxylation is 1. The summed E-state index contributed by atoms with van der Waals surface area (Å²) in [4.78, 5) is 11.1. The molecule has 0 saturated carbocycles. The van der Waals surface area contributed by atoms with Crippen LogP contribution in [0.1, 0.15) is 11.3 Å². The Morgan fingerprint density at radius 2 is 1.91 bits per heavy atom. The minimum atomic E-state index is 0.420. The van der Waals surface area contributed by atoms with Crippen LogP contribution in [0, 0.1) is 6.92 Å². The molecular weight excluding hydrogens is 300 g/mol. The molecule has 0 radical (unpaired) electrons. The van der Waals surface area contributed by atoms with E-state index in [0.29, 0.717) is 12.6 Å². The monoisotopic (exact) mass is 318 g/mol. The van der Waals surface area contributed by atoms with Crippen LogP contribution in [0.25, 0.3) is 0 Å². The summed E-state index contributed by atoms with van der Waals surface area (Å²) < 4.78 is 5.74. The highest BCUT2D eigenvalue weighted by atomic mass is 35.5. The lowest BCUT2D eigenvalue weighted by atomic mass is 10.2. The summed E-state index contributed by atoms with van der Waals surface area (Å²) in [6.07, 6.45) is 0. The topological polar surface area (TPSA) is 50.3 Å². The number of aromatic nitrogens is 2. The molecule has 1 aromatic heterocycles. The molecule has 6 heteroatoms. The van der Waals surface area contributed by atoms with Crippen LogP contribution < -0.4 is 15.0 Å². The summed E-state index contributed by atoms with van der Waals surface area (Å²) in [5, 5.41) is 4.06. The molecule has 2 aromatic rings. The Balaban J connectivity index is 1.70. The van der Waals surface area contributed by atoms with Crippen LogP contribution >= 0.6 is 11.6 Å².